The van der Waals surface area contributed by atoms with E-state index < -0.39 is 12.1 Å². The van der Waals surface area contributed by atoms with Crippen LogP contribution in [0.25, 0.3) is 0 Å². The molecule has 88 valence electrons. The molecule has 0 radical (unpaired) electrons. The Bertz CT molecular complexity index is 207. The van der Waals surface area contributed by atoms with Gasteiger partial charge in [0.25, 0.3) is 0 Å². The first-order chi connectivity index (χ1) is 7.10. The van der Waals surface area contributed by atoms with Crippen molar-refractivity contribution in [1.82, 2.24) is 5.32 Å². The molecule has 0 saturated carbocycles. The van der Waals surface area contributed by atoms with Crippen molar-refractivity contribution in [3.8, 4) is 0 Å². The Hall–Kier alpha value is -1.14. The number of carbonyl (C=O) groups excluding carboxylic acids is 1. The van der Waals surface area contributed by atoms with E-state index in [4.69, 9.17) is 14.6 Å². The van der Waals surface area contributed by atoms with Crippen LogP contribution in [0.3, 0.4) is 0 Å². The number of nitrogens with one attached hydrogen (secondary N) is 1. The molecule has 0 heterocycles. The Morgan fingerprint density at radius 1 is 1.40 bits per heavy atom. The molecule has 0 rings (SSSR count). The molecule has 0 fully saturated rings. The maximum atomic E-state index is 11.1. The summed E-state index contributed by atoms with van der Waals surface area (Å²) in [4.78, 5) is 21.5. The van der Waals surface area contributed by atoms with Crippen molar-refractivity contribution in [2.45, 2.75) is 18.9 Å². The highest BCUT2D eigenvalue weighted by Crippen LogP contribution is 1.95. The van der Waals surface area contributed by atoms with Crippen molar-refractivity contribution in [2.75, 3.05) is 27.4 Å². The zero-order chi connectivity index (χ0) is 11.7. The van der Waals surface area contributed by atoms with Crippen molar-refractivity contribution >= 4 is 11.9 Å². The summed E-state index contributed by atoms with van der Waals surface area (Å²) in [6, 6.07) is 0. The van der Waals surface area contributed by atoms with Crippen LogP contribution in [-0.2, 0) is 19.1 Å². The monoisotopic (exact) mass is 219 g/mol. The molecule has 0 aliphatic heterocycles. The Morgan fingerprint density at radius 2 is 2.07 bits per heavy atom. The average molecular weight is 219 g/mol. The van der Waals surface area contributed by atoms with Crippen LogP contribution in [-0.4, -0.2) is 50.5 Å². The number of methoxy groups -OCH3 is 2. The Balaban J connectivity index is 3.69. The summed E-state index contributed by atoms with van der Waals surface area (Å²) >= 11 is 0. The summed E-state index contributed by atoms with van der Waals surface area (Å²) in [5.41, 5.74) is 0. The van der Waals surface area contributed by atoms with Crippen LogP contribution in [0.5, 0.6) is 0 Å². The molecule has 0 aromatic rings. The average Bonchev–Trinajstić information content (AvgIpc) is 2.20. The third kappa shape index (κ3) is 7.90. The number of carboxylic acids is 1. The fourth-order valence-corrected chi connectivity index (χ4v) is 0.944. The van der Waals surface area contributed by atoms with Crippen LogP contribution in [0, 0.1) is 0 Å². The van der Waals surface area contributed by atoms with Crippen LogP contribution >= 0.6 is 0 Å². The quantitative estimate of drug-likeness (QED) is 0.581. The highest BCUT2D eigenvalue weighted by molar-refractivity contribution is 5.76. The largest absolute Gasteiger partial charge is 0.481 e. The Kier molecular flexibility index (Phi) is 7.57. The van der Waals surface area contributed by atoms with Crippen LogP contribution in [0.1, 0.15) is 12.8 Å². The standard InChI is InChI=1S/C9H17NO5/c1-14-4-3-8(11)10-6-7(15-2)5-9(12)13/h7H,3-6H2,1-2H3,(H,10,11)(H,12,13). The molecule has 1 unspecified atom stereocenters. The summed E-state index contributed by atoms with van der Waals surface area (Å²) in [7, 11) is 2.92. The summed E-state index contributed by atoms with van der Waals surface area (Å²) in [6.45, 7) is 0.549. The van der Waals surface area contributed by atoms with E-state index in [1.165, 1.54) is 14.2 Å². The molecule has 2 N–H and O–H groups in total. The highest BCUT2D eigenvalue weighted by atomic mass is 16.5. The number of rotatable bonds is 8. The number of aliphatic carboxylic acids is 1. The van der Waals surface area contributed by atoms with Crippen molar-refractivity contribution in [3.63, 3.8) is 0 Å². The van der Waals surface area contributed by atoms with Crippen LogP contribution in [0.2, 0.25) is 0 Å². The van der Waals surface area contributed by atoms with Crippen LogP contribution in [0.4, 0.5) is 0 Å². The predicted molar refractivity (Wildman–Crippen MR) is 52.6 cm³/mol. The maximum Gasteiger partial charge on any atom is 0.306 e. The fourth-order valence-electron chi connectivity index (χ4n) is 0.944. The van der Waals surface area contributed by atoms with Gasteiger partial charge in [-0.25, -0.2) is 0 Å². The van der Waals surface area contributed by atoms with E-state index in [2.05, 4.69) is 5.32 Å². The van der Waals surface area contributed by atoms with Crippen LogP contribution in [0.15, 0.2) is 0 Å². The molecule has 0 aliphatic rings. The Morgan fingerprint density at radius 3 is 2.53 bits per heavy atom. The number of ether oxygens (including phenoxy) is 2. The highest BCUT2D eigenvalue weighted by Gasteiger charge is 2.13. The summed E-state index contributed by atoms with van der Waals surface area (Å²) in [5.74, 6) is -1.13. The first kappa shape index (κ1) is 13.9. The van der Waals surface area contributed by atoms with Crippen molar-refractivity contribution < 1.29 is 24.2 Å². The van der Waals surface area contributed by atoms with Gasteiger partial charge in [0, 0.05) is 27.2 Å². The maximum absolute atomic E-state index is 11.1. The minimum Gasteiger partial charge on any atom is -0.481 e. The van der Waals surface area contributed by atoms with Gasteiger partial charge in [-0.05, 0) is 0 Å². The van der Waals surface area contributed by atoms with Crippen molar-refractivity contribution in [1.29, 1.82) is 0 Å². The fraction of sp³-hybridized carbons (Fsp3) is 0.778. The first-order valence-electron chi connectivity index (χ1n) is 4.60. The zero-order valence-corrected chi connectivity index (χ0v) is 8.99. The molecule has 6 nitrogen and oxygen atoms in total. The second-order valence-corrected chi connectivity index (χ2v) is 3.00. The molecule has 6 heteroatoms. The molecule has 15 heavy (non-hydrogen) atoms. The lowest BCUT2D eigenvalue weighted by atomic mass is 10.2. The summed E-state index contributed by atoms with van der Waals surface area (Å²) in [5, 5.41) is 11.1. The lowest BCUT2D eigenvalue weighted by Crippen LogP contribution is -2.34. The van der Waals surface area contributed by atoms with Gasteiger partial charge < -0.3 is 19.9 Å². The molecular formula is C9H17NO5. The predicted octanol–water partition coefficient (Wildman–Crippen LogP) is -0.371. The molecule has 0 aromatic heterocycles. The van der Waals surface area contributed by atoms with Gasteiger partial charge in [-0.3, -0.25) is 9.59 Å². The minimum absolute atomic E-state index is 0.124. The Labute approximate surface area is 88.6 Å². The van der Waals surface area contributed by atoms with Gasteiger partial charge >= 0.3 is 5.97 Å². The molecule has 0 aliphatic carbocycles. The van der Waals surface area contributed by atoms with Crippen molar-refractivity contribution in [3.05, 3.63) is 0 Å². The zero-order valence-electron chi connectivity index (χ0n) is 8.99. The van der Waals surface area contributed by atoms with E-state index in [0.717, 1.165) is 0 Å². The molecule has 0 aromatic carbocycles. The van der Waals surface area contributed by atoms with E-state index in [1.54, 1.807) is 0 Å². The second-order valence-electron chi connectivity index (χ2n) is 3.00. The van der Waals surface area contributed by atoms with Gasteiger partial charge in [0.05, 0.1) is 19.1 Å². The first-order valence-corrected chi connectivity index (χ1v) is 4.60. The van der Waals surface area contributed by atoms with Gasteiger partial charge in [-0.2, -0.15) is 0 Å². The molecule has 1 atom stereocenters. The van der Waals surface area contributed by atoms with Gasteiger partial charge in [0.15, 0.2) is 0 Å². The molecule has 0 spiro atoms. The second kappa shape index (κ2) is 8.19. The van der Waals surface area contributed by atoms with E-state index in [1.807, 2.05) is 0 Å². The number of carbonyl (C=O) groups is 2. The smallest absolute Gasteiger partial charge is 0.306 e. The number of hydrogen-bond donors (Lipinski definition) is 2. The number of hydrogen-bond acceptors (Lipinski definition) is 4. The molecule has 0 bridgehead atoms. The van der Waals surface area contributed by atoms with Gasteiger partial charge in [-0.1, -0.05) is 0 Å². The normalized spacial score (nSPS) is 12.1. The molecule has 1 amide bonds. The third-order valence-electron chi connectivity index (χ3n) is 1.80. The lowest BCUT2D eigenvalue weighted by Gasteiger charge is -2.13. The van der Waals surface area contributed by atoms with Gasteiger partial charge in [0.1, 0.15) is 0 Å². The number of amides is 1. The van der Waals surface area contributed by atoms with E-state index in [9.17, 15) is 9.59 Å². The van der Waals surface area contributed by atoms with Gasteiger partial charge in [-0.15, -0.1) is 0 Å². The van der Waals surface area contributed by atoms with E-state index >= 15 is 0 Å². The third-order valence-corrected chi connectivity index (χ3v) is 1.80. The molecule has 0 saturated heterocycles. The SMILES string of the molecule is COCCC(=O)NCC(CC(=O)O)OC. The van der Waals surface area contributed by atoms with Crippen LogP contribution < -0.4 is 5.32 Å². The minimum atomic E-state index is -0.951. The van der Waals surface area contributed by atoms with Gasteiger partial charge in [0.2, 0.25) is 5.91 Å². The van der Waals surface area contributed by atoms with Crippen molar-refractivity contribution in [2.24, 2.45) is 0 Å². The molecular weight excluding hydrogens is 202 g/mol. The topological polar surface area (TPSA) is 84.9 Å². The number of carboxylic acid groups (broad SMARTS) is 1. The lowest BCUT2D eigenvalue weighted by molar-refractivity contribution is -0.140. The summed E-state index contributed by atoms with van der Waals surface area (Å²) in [6.07, 6.45) is -0.352. The van der Waals surface area contributed by atoms with E-state index in [-0.39, 0.29) is 25.3 Å². The van der Waals surface area contributed by atoms with E-state index in [0.29, 0.717) is 6.61 Å². The summed E-state index contributed by atoms with van der Waals surface area (Å²) < 4.78 is 9.61.